The highest BCUT2D eigenvalue weighted by atomic mass is 35.5. The number of halogens is 1. The number of alkyl halides is 1. The van der Waals surface area contributed by atoms with Crippen LogP contribution in [-0.4, -0.2) is 29.3 Å². The van der Waals surface area contributed by atoms with Gasteiger partial charge in [-0.25, -0.2) is 0 Å². The number of hydrogen-bond acceptors (Lipinski definition) is 2. The van der Waals surface area contributed by atoms with Crippen LogP contribution in [0, 0.1) is 5.41 Å². The standard InChI is InChI=1S/C11H20ClNOS/c1-11(2,7-12)10(14)13-8-5-4-6-9(8)15-3/h8-9H,4-7H2,1-3H3,(H,13,14). The first-order valence-electron chi connectivity index (χ1n) is 5.41. The number of carbonyl (C=O) groups is 1. The first-order chi connectivity index (χ1) is 7.01. The Bertz CT molecular complexity index is 233. The van der Waals surface area contributed by atoms with E-state index in [0.29, 0.717) is 17.2 Å². The predicted molar refractivity (Wildman–Crippen MR) is 67.6 cm³/mol. The summed E-state index contributed by atoms with van der Waals surface area (Å²) in [6.07, 6.45) is 5.66. The zero-order valence-electron chi connectivity index (χ0n) is 9.68. The maximum absolute atomic E-state index is 11.9. The fourth-order valence-corrected chi connectivity index (χ4v) is 2.85. The molecule has 1 N–H and O–H groups in total. The minimum absolute atomic E-state index is 0.0865. The molecular weight excluding hydrogens is 230 g/mol. The van der Waals surface area contributed by atoms with Gasteiger partial charge in [0.05, 0.1) is 5.41 Å². The van der Waals surface area contributed by atoms with E-state index in [0.717, 1.165) is 6.42 Å². The lowest BCUT2D eigenvalue weighted by Crippen LogP contribution is -2.46. The quantitative estimate of drug-likeness (QED) is 0.777. The average Bonchev–Trinajstić information content (AvgIpc) is 2.65. The van der Waals surface area contributed by atoms with Crippen LogP contribution in [0.25, 0.3) is 0 Å². The summed E-state index contributed by atoms with van der Waals surface area (Å²) >= 11 is 7.63. The molecule has 4 heteroatoms. The summed E-state index contributed by atoms with van der Waals surface area (Å²) < 4.78 is 0. The maximum Gasteiger partial charge on any atom is 0.227 e. The Kier molecular flexibility index (Phi) is 4.78. The van der Waals surface area contributed by atoms with Crippen LogP contribution in [0.2, 0.25) is 0 Å². The lowest BCUT2D eigenvalue weighted by Gasteiger charge is -2.26. The Morgan fingerprint density at radius 2 is 2.20 bits per heavy atom. The smallest absolute Gasteiger partial charge is 0.227 e. The molecule has 0 aromatic heterocycles. The highest BCUT2D eigenvalue weighted by molar-refractivity contribution is 7.99. The van der Waals surface area contributed by atoms with Crippen molar-refractivity contribution in [3.63, 3.8) is 0 Å². The average molecular weight is 250 g/mol. The van der Waals surface area contributed by atoms with Crippen molar-refractivity contribution in [2.24, 2.45) is 5.41 Å². The molecule has 1 rings (SSSR count). The molecule has 0 aromatic carbocycles. The third-order valence-corrected chi connectivity index (χ3v) is 4.86. The molecule has 1 aliphatic rings. The van der Waals surface area contributed by atoms with E-state index in [9.17, 15) is 4.79 Å². The lowest BCUT2D eigenvalue weighted by molar-refractivity contribution is -0.128. The third-order valence-electron chi connectivity index (χ3n) is 3.02. The fourth-order valence-electron chi connectivity index (χ4n) is 1.80. The van der Waals surface area contributed by atoms with E-state index in [1.807, 2.05) is 25.6 Å². The van der Waals surface area contributed by atoms with Gasteiger partial charge in [-0.15, -0.1) is 11.6 Å². The van der Waals surface area contributed by atoms with Crippen LogP contribution >= 0.6 is 23.4 Å². The number of nitrogens with one attached hydrogen (secondary N) is 1. The highest BCUT2D eigenvalue weighted by Gasteiger charge is 2.33. The van der Waals surface area contributed by atoms with Crippen molar-refractivity contribution in [3.8, 4) is 0 Å². The topological polar surface area (TPSA) is 29.1 Å². The molecule has 1 fully saturated rings. The maximum atomic E-state index is 11.9. The van der Waals surface area contributed by atoms with Crippen molar-refractivity contribution in [1.29, 1.82) is 0 Å². The Hall–Kier alpha value is 0.110. The van der Waals surface area contributed by atoms with Crippen LogP contribution in [0.3, 0.4) is 0 Å². The van der Waals surface area contributed by atoms with Gasteiger partial charge in [-0.3, -0.25) is 4.79 Å². The molecule has 1 saturated carbocycles. The first-order valence-corrected chi connectivity index (χ1v) is 7.23. The van der Waals surface area contributed by atoms with E-state index < -0.39 is 5.41 Å². The molecule has 1 aliphatic carbocycles. The third kappa shape index (κ3) is 3.28. The van der Waals surface area contributed by atoms with Crippen molar-refractivity contribution < 1.29 is 4.79 Å². The van der Waals surface area contributed by atoms with E-state index in [1.165, 1.54) is 12.8 Å². The van der Waals surface area contributed by atoms with Crippen LogP contribution in [0.15, 0.2) is 0 Å². The second-order valence-electron chi connectivity index (χ2n) is 4.80. The van der Waals surface area contributed by atoms with E-state index in [4.69, 9.17) is 11.6 Å². The van der Waals surface area contributed by atoms with Gasteiger partial charge in [-0.05, 0) is 32.9 Å². The van der Waals surface area contributed by atoms with E-state index in [-0.39, 0.29) is 5.91 Å². The van der Waals surface area contributed by atoms with Gasteiger partial charge in [0.25, 0.3) is 0 Å². The van der Waals surface area contributed by atoms with Crippen LogP contribution in [0.5, 0.6) is 0 Å². The number of amides is 1. The van der Waals surface area contributed by atoms with Crippen molar-refractivity contribution in [3.05, 3.63) is 0 Å². The van der Waals surface area contributed by atoms with Crippen molar-refractivity contribution in [1.82, 2.24) is 5.32 Å². The number of thioether (sulfide) groups is 1. The van der Waals surface area contributed by atoms with E-state index in [1.54, 1.807) is 0 Å². The van der Waals surface area contributed by atoms with Crippen LogP contribution in [-0.2, 0) is 4.79 Å². The summed E-state index contributed by atoms with van der Waals surface area (Å²) in [6, 6.07) is 0.343. The Morgan fingerprint density at radius 1 is 1.53 bits per heavy atom. The molecule has 0 saturated heterocycles. The second-order valence-corrected chi connectivity index (χ2v) is 6.15. The summed E-state index contributed by atoms with van der Waals surface area (Å²) in [7, 11) is 0. The largest absolute Gasteiger partial charge is 0.352 e. The van der Waals surface area contributed by atoms with Gasteiger partial charge >= 0.3 is 0 Å². The molecule has 88 valence electrons. The zero-order chi connectivity index (χ0) is 11.5. The fraction of sp³-hybridized carbons (Fsp3) is 0.909. The van der Waals surface area contributed by atoms with E-state index >= 15 is 0 Å². The SMILES string of the molecule is CSC1CCCC1NC(=O)C(C)(C)CCl. The predicted octanol–water partition coefficient (Wildman–Crippen LogP) is 2.65. The Morgan fingerprint density at radius 3 is 2.73 bits per heavy atom. The molecule has 2 unspecified atom stereocenters. The van der Waals surface area contributed by atoms with Gasteiger partial charge in [0.2, 0.25) is 5.91 Å². The second kappa shape index (κ2) is 5.44. The van der Waals surface area contributed by atoms with Gasteiger partial charge in [0.15, 0.2) is 0 Å². The lowest BCUT2D eigenvalue weighted by atomic mass is 9.94. The van der Waals surface area contributed by atoms with E-state index in [2.05, 4.69) is 11.6 Å². The number of hydrogen-bond donors (Lipinski definition) is 1. The van der Waals surface area contributed by atoms with Gasteiger partial charge < -0.3 is 5.32 Å². The summed E-state index contributed by atoms with van der Waals surface area (Å²) in [5.41, 5.74) is -0.451. The minimum atomic E-state index is -0.451. The molecule has 15 heavy (non-hydrogen) atoms. The van der Waals surface area contributed by atoms with Gasteiger partial charge in [-0.1, -0.05) is 6.42 Å². The molecule has 1 amide bonds. The molecule has 0 heterocycles. The normalized spacial score (nSPS) is 26.7. The Labute approximate surface area is 102 Å². The summed E-state index contributed by atoms with van der Waals surface area (Å²) in [4.78, 5) is 11.9. The summed E-state index contributed by atoms with van der Waals surface area (Å²) in [6.45, 7) is 3.77. The first kappa shape index (κ1) is 13.2. The molecule has 0 aliphatic heterocycles. The highest BCUT2D eigenvalue weighted by Crippen LogP contribution is 2.29. The molecule has 0 spiro atoms. The van der Waals surface area contributed by atoms with Crippen molar-refractivity contribution >= 4 is 29.3 Å². The summed E-state index contributed by atoms with van der Waals surface area (Å²) in [5, 5.41) is 3.71. The zero-order valence-corrected chi connectivity index (χ0v) is 11.3. The molecule has 2 atom stereocenters. The van der Waals surface area contributed by atoms with Gasteiger partial charge in [-0.2, -0.15) is 11.8 Å². The molecule has 2 nitrogen and oxygen atoms in total. The number of carbonyl (C=O) groups excluding carboxylic acids is 1. The molecule has 0 radical (unpaired) electrons. The van der Waals surface area contributed by atoms with Crippen molar-refractivity contribution in [2.75, 3.05) is 12.1 Å². The van der Waals surface area contributed by atoms with Crippen LogP contribution in [0.1, 0.15) is 33.1 Å². The van der Waals surface area contributed by atoms with Crippen LogP contribution < -0.4 is 5.32 Å². The van der Waals surface area contributed by atoms with Gasteiger partial charge in [0, 0.05) is 17.2 Å². The molecule has 0 bridgehead atoms. The monoisotopic (exact) mass is 249 g/mol. The number of rotatable bonds is 4. The van der Waals surface area contributed by atoms with Gasteiger partial charge in [0.1, 0.15) is 0 Å². The van der Waals surface area contributed by atoms with Crippen LogP contribution in [0.4, 0.5) is 0 Å². The Balaban J connectivity index is 2.51. The summed E-state index contributed by atoms with van der Waals surface area (Å²) in [5.74, 6) is 0.457. The van der Waals surface area contributed by atoms with Crippen molar-refractivity contribution in [2.45, 2.75) is 44.4 Å². The molecular formula is C11H20ClNOS. The minimum Gasteiger partial charge on any atom is -0.352 e. The molecule has 0 aromatic rings.